The van der Waals surface area contributed by atoms with Gasteiger partial charge >= 0.3 is 0 Å². The van der Waals surface area contributed by atoms with Crippen LogP contribution in [0.15, 0.2) is 71.3 Å². The molecule has 1 aliphatic heterocycles. The lowest BCUT2D eigenvalue weighted by atomic mass is 9.85. The topological polar surface area (TPSA) is 129 Å². The summed E-state index contributed by atoms with van der Waals surface area (Å²) in [6.45, 7) is 3.08. The van der Waals surface area contributed by atoms with Crippen LogP contribution in [0.1, 0.15) is 40.8 Å². The number of anilines is 1. The van der Waals surface area contributed by atoms with Gasteiger partial charge in [0.15, 0.2) is 11.4 Å². The molecule has 0 saturated carbocycles. The molecule has 186 valence electrons. The number of carbonyl (C=O) groups is 1. The quantitative estimate of drug-likeness (QED) is 0.364. The van der Waals surface area contributed by atoms with Crippen LogP contribution in [0.5, 0.6) is 0 Å². The normalized spacial score (nSPS) is 15.2. The molecule has 37 heavy (non-hydrogen) atoms. The average molecular weight is 495 g/mol. The molecule has 3 aromatic heterocycles. The van der Waals surface area contributed by atoms with Crippen LogP contribution in [0, 0.1) is 12.8 Å². The van der Waals surface area contributed by atoms with E-state index in [0.717, 1.165) is 18.4 Å². The van der Waals surface area contributed by atoms with Crippen molar-refractivity contribution in [3.8, 4) is 11.5 Å². The molecule has 1 amide bonds. The number of benzene rings is 2. The fourth-order valence-electron chi connectivity index (χ4n) is 4.99. The van der Waals surface area contributed by atoms with Crippen molar-refractivity contribution in [1.82, 2.24) is 35.1 Å². The van der Waals surface area contributed by atoms with E-state index in [9.17, 15) is 4.79 Å². The molecule has 2 aromatic carbocycles. The van der Waals surface area contributed by atoms with Crippen LogP contribution in [0.25, 0.3) is 22.6 Å². The number of pyridine rings is 1. The summed E-state index contributed by atoms with van der Waals surface area (Å²) in [5, 5.41) is 12.9. The van der Waals surface area contributed by atoms with E-state index in [2.05, 4.69) is 37.5 Å². The van der Waals surface area contributed by atoms with Crippen molar-refractivity contribution < 1.29 is 9.21 Å². The van der Waals surface area contributed by atoms with Crippen molar-refractivity contribution >= 4 is 22.7 Å². The van der Waals surface area contributed by atoms with Gasteiger partial charge in [-0.2, -0.15) is 4.80 Å². The molecule has 2 N–H and O–H groups in total. The summed E-state index contributed by atoms with van der Waals surface area (Å²) in [6, 6.07) is 19.0. The number of hydrogen-bond acceptors (Lipinski definition) is 8. The molecule has 5 aromatic rings. The van der Waals surface area contributed by atoms with Crippen LogP contribution in [0.2, 0.25) is 0 Å². The van der Waals surface area contributed by atoms with Gasteiger partial charge in [-0.15, -0.1) is 10.2 Å². The highest BCUT2D eigenvalue weighted by Crippen LogP contribution is 2.34. The summed E-state index contributed by atoms with van der Waals surface area (Å²) in [5.74, 6) is 1.23. The highest BCUT2D eigenvalue weighted by Gasteiger charge is 2.32. The minimum absolute atomic E-state index is 0.0331. The van der Waals surface area contributed by atoms with E-state index in [1.165, 1.54) is 0 Å². The van der Waals surface area contributed by atoms with E-state index in [4.69, 9.17) is 10.2 Å². The average Bonchev–Trinajstić information content (AvgIpc) is 3.55. The maximum absolute atomic E-state index is 13.4. The number of hydrogen-bond donors (Lipinski definition) is 1. The van der Waals surface area contributed by atoms with Crippen LogP contribution in [0.3, 0.4) is 0 Å². The summed E-state index contributed by atoms with van der Waals surface area (Å²) >= 11 is 0. The molecule has 10 nitrogen and oxygen atoms in total. The zero-order chi connectivity index (χ0) is 25.4. The summed E-state index contributed by atoms with van der Waals surface area (Å²) in [4.78, 5) is 25.8. The Morgan fingerprint density at radius 2 is 1.89 bits per heavy atom. The first-order valence-electron chi connectivity index (χ1n) is 12.3. The molecule has 0 spiro atoms. The van der Waals surface area contributed by atoms with Gasteiger partial charge in [0.25, 0.3) is 5.91 Å². The number of tetrazole rings is 1. The van der Waals surface area contributed by atoms with Gasteiger partial charge in [-0.25, -0.2) is 4.98 Å². The van der Waals surface area contributed by atoms with Crippen LogP contribution >= 0.6 is 0 Å². The molecule has 0 radical (unpaired) electrons. The molecule has 1 fully saturated rings. The van der Waals surface area contributed by atoms with Crippen LogP contribution in [-0.4, -0.2) is 54.1 Å². The first-order valence-corrected chi connectivity index (χ1v) is 12.3. The molecule has 6 rings (SSSR count). The van der Waals surface area contributed by atoms with Crippen molar-refractivity contribution in [3.05, 3.63) is 83.9 Å². The largest absolute Gasteiger partial charge is 0.436 e. The first kappa shape index (κ1) is 22.8. The van der Waals surface area contributed by atoms with E-state index in [1.54, 1.807) is 41.3 Å². The van der Waals surface area contributed by atoms with Crippen LogP contribution in [0.4, 0.5) is 5.69 Å². The lowest BCUT2D eigenvalue weighted by Crippen LogP contribution is -2.41. The number of nitrogens with zero attached hydrogens (tertiary/aromatic N) is 7. The van der Waals surface area contributed by atoms with Gasteiger partial charge in [-0.3, -0.25) is 9.78 Å². The fraction of sp³-hybridized carbons (Fsp3) is 0.259. The Morgan fingerprint density at radius 3 is 2.65 bits per heavy atom. The number of likely N-dealkylation sites (tertiary alicyclic amines) is 1. The van der Waals surface area contributed by atoms with Gasteiger partial charge in [0.05, 0.1) is 0 Å². The highest BCUT2D eigenvalue weighted by molar-refractivity contribution is 5.93. The molecule has 1 atom stereocenters. The summed E-state index contributed by atoms with van der Waals surface area (Å²) in [5.41, 5.74) is 9.99. The summed E-state index contributed by atoms with van der Waals surface area (Å²) < 4.78 is 5.88. The standard InChI is InChI=1S/C27H26N8O2/c1-17-31-33-35(32-17)25(18-5-3-2-4-6-18)19-10-13-34(14-11-19)27(36)23-15-20(9-12-29-23)26-30-22-16-21(28)7-8-24(22)37-26/h2-9,12,15-16,19,25H,10-11,13-14,28H2,1H3. The third kappa shape index (κ3) is 4.53. The number of piperidine rings is 1. The zero-order valence-electron chi connectivity index (χ0n) is 20.4. The number of oxazole rings is 1. The molecule has 1 unspecified atom stereocenters. The Balaban J connectivity index is 1.19. The molecule has 0 bridgehead atoms. The number of rotatable bonds is 5. The molecule has 1 aliphatic rings. The number of carbonyl (C=O) groups excluding carboxylic acids is 1. The number of aryl methyl sites for hydroxylation is 1. The Hall–Kier alpha value is -4.60. The van der Waals surface area contributed by atoms with Crippen LogP contribution < -0.4 is 5.73 Å². The number of aromatic nitrogens is 6. The number of nitrogen functional groups attached to an aromatic ring is 1. The summed E-state index contributed by atoms with van der Waals surface area (Å²) in [6.07, 6.45) is 3.25. The van der Waals surface area contributed by atoms with Gasteiger partial charge in [0.1, 0.15) is 17.3 Å². The van der Waals surface area contributed by atoms with E-state index in [-0.39, 0.29) is 17.9 Å². The number of amides is 1. The smallest absolute Gasteiger partial charge is 0.272 e. The molecular formula is C27H26N8O2. The number of nitrogens with two attached hydrogens (primary N) is 1. The van der Waals surface area contributed by atoms with Crippen molar-refractivity contribution in [1.29, 1.82) is 0 Å². The van der Waals surface area contributed by atoms with Crippen LogP contribution in [-0.2, 0) is 0 Å². The van der Waals surface area contributed by atoms with E-state index in [0.29, 0.717) is 52.8 Å². The third-order valence-corrected chi connectivity index (χ3v) is 6.83. The second kappa shape index (κ2) is 9.45. The van der Waals surface area contributed by atoms with Gasteiger partial charge in [-0.05, 0) is 66.8 Å². The summed E-state index contributed by atoms with van der Waals surface area (Å²) in [7, 11) is 0. The third-order valence-electron chi connectivity index (χ3n) is 6.83. The van der Waals surface area contributed by atoms with E-state index >= 15 is 0 Å². The Bertz CT molecular complexity index is 1550. The SMILES string of the molecule is Cc1nnn(C(c2ccccc2)C2CCN(C(=O)c3cc(-c4nc5cc(N)ccc5o4)ccn3)CC2)n1. The monoisotopic (exact) mass is 494 g/mol. The maximum Gasteiger partial charge on any atom is 0.272 e. The maximum atomic E-state index is 13.4. The van der Waals surface area contributed by atoms with Crippen molar-refractivity contribution in [2.45, 2.75) is 25.8 Å². The van der Waals surface area contributed by atoms with Gasteiger partial charge < -0.3 is 15.1 Å². The number of fused-ring (bicyclic) bond motifs is 1. The Kier molecular flexibility index (Phi) is 5.84. The van der Waals surface area contributed by atoms with Crippen molar-refractivity contribution in [2.75, 3.05) is 18.8 Å². The van der Waals surface area contributed by atoms with E-state index in [1.807, 2.05) is 30.0 Å². The van der Waals surface area contributed by atoms with Gasteiger partial charge in [0.2, 0.25) is 5.89 Å². The van der Waals surface area contributed by atoms with E-state index < -0.39 is 0 Å². The minimum atomic E-state index is -0.105. The fourth-order valence-corrected chi connectivity index (χ4v) is 4.99. The minimum Gasteiger partial charge on any atom is -0.436 e. The first-order chi connectivity index (χ1) is 18.0. The van der Waals surface area contributed by atoms with Gasteiger partial charge in [-0.1, -0.05) is 30.3 Å². The van der Waals surface area contributed by atoms with Gasteiger partial charge in [0, 0.05) is 30.5 Å². The molecule has 0 aliphatic carbocycles. The molecule has 4 heterocycles. The lowest BCUT2D eigenvalue weighted by molar-refractivity contribution is 0.0658. The zero-order valence-corrected chi connectivity index (χ0v) is 20.4. The molecule has 1 saturated heterocycles. The Morgan fingerprint density at radius 1 is 1.08 bits per heavy atom. The second-order valence-electron chi connectivity index (χ2n) is 9.32. The highest BCUT2D eigenvalue weighted by atomic mass is 16.3. The molecular weight excluding hydrogens is 468 g/mol. The van der Waals surface area contributed by atoms with Crippen molar-refractivity contribution in [3.63, 3.8) is 0 Å². The predicted molar refractivity (Wildman–Crippen MR) is 137 cm³/mol. The molecule has 10 heteroatoms. The second-order valence-corrected chi connectivity index (χ2v) is 9.32. The lowest BCUT2D eigenvalue weighted by Gasteiger charge is -2.35. The Labute approximate surface area is 213 Å². The predicted octanol–water partition coefficient (Wildman–Crippen LogP) is 3.91. The van der Waals surface area contributed by atoms with Crippen molar-refractivity contribution in [2.24, 2.45) is 5.92 Å².